The molecular weight excluding hydrogens is 332 g/mol. The number of likely N-dealkylation sites (tertiary alicyclic amines) is 1. The maximum Gasteiger partial charge on any atom is 0.231 e. The van der Waals surface area contributed by atoms with Crippen molar-refractivity contribution in [2.45, 2.75) is 70.3 Å². The summed E-state index contributed by atoms with van der Waals surface area (Å²) in [5, 5.41) is 7.05. The van der Waals surface area contributed by atoms with Crippen molar-refractivity contribution in [2.24, 2.45) is 11.8 Å². The van der Waals surface area contributed by atoms with Crippen molar-refractivity contribution in [3.05, 3.63) is 11.7 Å². The molecule has 2 saturated carbocycles. The molecule has 4 rings (SSSR count). The van der Waals surface area contributed by atoms with E-state index < -0.39 is 0 Å². The molecule has 0 radical (unpaired) electrons. The van der Waals surface area contributed by atoms with Crippen LogP contribution in [-0.4, -0.2) is 46.0 Å². The van der Waals surface area contributed by atoms with Gasteiger partial charge in [-0.3, -0.25) is 9.59 Å². The van der Waals surface area contributed by atoms with Crippen LogP contribution >= 0.6 is 0 Å². The summed E-state index contributed by atoms with van der Waals surface area (Å²) in [5.41, 5.74) is 0. The highest BCUT2D eigenvalue weighted by Crippen LogP contribution is 2.33. The maximum absolute atomic E-state index is 12.7. The van der Waals surface area contributed by atoms with E-state index in [0.29, 0.717) is 37.1 Å². The zero-order chi connectivity index (χ0) is 18.1. The van der Waals surface area contributed by atoms with Crippen LogP contribution in [0.5, 0.6) is 0 Å². The number of rotatable bonds is 5. The van der Waals surface area contributed by atoms with Gasteiger partial charge in [0.15, 0.2) is 5.82 Å². The summed E-state index contributed by atoms with van der Waals surface area (Å²) in [4.78, 5) is 31.4. The number of piperidine rings is 1. The Bertz CT molecular complexity index is 663. The summed E-state index contributed by atoms with van der Waals surface area (Å²) < 4.78 is 5.38. The molecule has 0 unspecified atom stereocenters. The van der Waals surface area contributed by atoms with Crippen molar-refractivity contribution in [1.29, 1.82) is 0 Å². The normalized spacial score (nSPS) is 26.9. The Morgan fingerprint density at radius 2 is 1.96 bits per heavy atom. The summed E-state index contributed by atoms with van der Waals surface area (Å²) in [7, 11) is 0. The Hall–Kier alpha value is -1.92. The smallest absolute Gasteiger partial charge is 0.231 e. The van der Waals surface area contributed by atoms with E-state index in [1.807, 2.05) is 4.90 Å². The Labute approximate surface area is 153 Å². The molecule has 1 aromatic rings. The number of carbonyl (C=O) groups is 2. The molecule has 1 aliphatic heterocycles. The van der Waals surface area contributed by atoms with Gasteiger partial charge in [-0.05, 0) is 44.9 Å². The average Bonchev–Trinajstić information content (AvgIpc) is 3.20. The number of carbonyl (C=O) groups excluding carboxylic acids is 2. The van der Waals surface area contributed by atoms with E-state index in [1.54, 1.807) is 6.92 Å². The molecule has 7 heteroatoms. The third-order valence-corrected chi connectivity index (χ3v) is 6.04. The second-order valence-corrected chi connectivity index (χ2v) is 8.16. The molecule has 2 aliphatic carbocycles. The molecule has 2 atom stereocenters. The van der Waals surface area contributed by atoms with Crippen molar-refractivity contribution in [3.8, 4) is 0 Å². The van der Waals surface area contributed by atoms with Crippen molar-refractivity contribution >= 4 is 11.8 Å². The Morgan fingerprint density at radius 1 is 1.19 bits per heavy atom. The van der Waals surface area contributed by atoms with E-state index in [0.717, 1.165) is 19.3 Å². The number of aromatic nitrogens is 2. The number of hydrogen-bond acceptors (Lipinski definition) is 5. The van der Waals surface area contributed by atoms with E-state index in [-0.39, 0.29) is 29.7 Å². The molecule has 1 N–H and O–H groups in total. The number of aryl methyl sites for hydroxylation is 1. The van der Waals surface area contributed by atoms with Gasteiger partial charge in [0, 0.05) is 25.4 Å². The zero-order valence-electron chi connectivity index (χ0n) is 15.4. The fourth-order valence-corrected chi connectivity index (χ4v) is 4.32. The SMILES string of the molecule is Cc1noc([C@H]2CCN(C(=O)CC3CCCC3)C[C@H]2NC(=O)C2CC2)n1. The van der Waals surface area contributed by atoms with Crippen molar-refractivity contribution < 1.29 is 14.1 Å². The van der Waals surface area contributed by atoms with Crippen LogP contribution in [0.3, 0.4) is 0 Å². The van der Waals surface area contributed by atoms with Crippen LogP contribution in [0.2, 0.25) is 0 Å². The molecule has 2 heterocycles. The first-order valence-corrected chi connectivity index (χ1v) is 9.98. The minimum atomic E-state index is -0.149. The largest absolute Gasteiger partial charge is 0.351 e. The van der Waals surface area contributed by atoms with Crippen LogP contribution < -0.4 is 5.32 Å². The van der Waals surface area contributed by atoms with Crippen molar-refractivity contribution in [2.75, 3.05) is 13.1 Å². The third-order valence-electron chi connectivity index (χ3n) is 6.04. The van der Waals surface area contributed by atoms with Crippen molar-refractivity contribution in [3.63, 3.8) is 0 Å². The monoisotopic (exact) mass is 360 g/mol. The molecule has 3 aliphatic rings. The lowest BCUT2D eigenvalue weighted by Gasteiger charge is -2.38. The van der Waals surface area contributed by atoms with E-state index in [4.69, 9.17) is 4.52 Å². The van der Waals surface area contributed by atoms with Crippen LogP contribution in [0, 0.1) is 18.8 Å². The molecule has 0 bridgehead atoms. The zero-order valence-corrected chi connectivity index (χ0v) is 15.4. The van der Waals surface area contributed by atoms with E-state index in [2.05, 4.69) is 15.5 Å². The second-order valence-electron chi connectivity index (χ2n) is 8.16. The summed E-state index contributed by atoms with van der Waals surface area (Å²) in [5.74, 6) is 2.17. The topological polar surface area (TPSA) is 88.3 Å². The van der Waals surface area contributed by atoms with Gasteiger partial charge in [0.25, 0.3) is 0 Å². The van der Waals surface area contributed by atoms with Gasteiger partial charge in [0.05, 0.1) is 12.0 Å². The number of nitrogens with one attached hydrogen (secondary N) is 1. The average molecular weight is 360 g/mol. The first kappa shape index (κ1) is 17.5. The lowest BCUT2D eigenvalue weighted by atomic mass is 9.90. The molecule has 142 valence electrons. The molecular formula is C19H28N4O3. The van der Waals surface area contributed by atoms with Crippen LogP contribution in [0.4, 0.5) is 0 Å². The van der Waals surface area contributed by atoms with E-state index in [9.17, 15) is 9.59 Å². The minimum Gasteiger partial charge on any atom is -0.351 e. The summed E-state index contributed by atoms with van der Waals surface area (Å²) in [6.07, 6.45) is 8.16. The Balaban J connectivity index is 1.43. The minimum absolute atomic E-state index is 0.0190. The summed E-state index contributed by atoms with van der Waals surface area (Å²) in [6.45, 7) is 3.02. The van der Waals surface area contributed by atoms with Gasteiger partial charge >= 0.3 is 0 Å². The van der Waals surface area contributed by atoms with Crippen LogP contribution in [0.15, 0.2) is 4.52 Å². The van der Waals surface area contributed by atoms with Gasteiger partial charge in [0.2, 0.25) is 17.7 Å². The standard InChI is InChI=1S/C19H28N4O3/c1-12-20-19(26-22-12)15-8-9-23(17(24)10-13-4-2-3-5-13)11-16(15)21-18(25)14-6-7-14/h13-16H,2-11H2,1H3,(H,21,25)/t15-,16+/m0/s1. The summed E-state index contributed by atoms with van der Waals surface area (Å²) in [6, 6.07) is -0.149. The predicted octanol–water partition coefficient (Wildman–Crippen LogP) is 2.17. The third kappa shape index (κ3) is 3.91. The number of nitrogens with zero attached hydrogens (tertiary/aromatic N) is 3. The highest BCUT2D eigenvalue weighted by molar-refractivity contribution is 5.81. The molecule has 1 aromatic heterocycles. The second kappa shape index (κ2) is 7.37. The maximum atomic E-state index is 12.7. The highest BCUT2D eigenvalue weighted by atomic mass is 16.5. The fourth-order valence-electron chi connectivity index (χ4n) is 4.32. The Kier molecular flexibility index (Phi) is 4.96. The van der Waals surface area contributed by atoms with Gasteiger partial charge in [0.1, 0.15) is 0 Å². The van der Waals surface area contributed by atoms with E-state index >= 15 is 0 Å². The fraction of sp³-hybridized carbons (Fsp3) is 0.789. The Morgan fingerprint density at radius 3 is 2.62 bits per heavy atom. The molecule has 3 fully saturated rings. The van der Waals surface area contributed by atoms with Crippen molar-refractivity contribution in [1.82, 2.24) is 20.4 Å². The van der Waals surface area contributed by atoms with E-state index in [1.165, 1.54) is 25.7 Å². The van der Waals surface area contributed by atoms with Gasteiger partial charge in [-0.2, -0.15) is 4.98 Å². The molecule has 1 saturated heterocycles. The van der Waals surface area contributed by atoms with Gasteiger partial charge in [-0.25, -0.2) is 0 Å². The molecule has 2 amide bonds. The predicted molar refractivity (Wildman–Crippen MR) is 94.2 cm³/mol. The molecule has 26 heavy (non-hydrogen) atoms. The lowest BCUT2D eigenvalue weighted by molar-refractivity contribution is -0.135. The molecule has 0 spiro atoms. The first-order valence-electron chi connectivity index (χ1n) is 9.98. The van der Waals surface area contributed by atoms with Crippen LogP contribution in [0.25, 0.3) is 0 Å². The van der Waals surface area contributed by atoms with Crippen LogP contribution in [0.1, 0.15) is 69.0 Å². The molecule has 0 aromatic carbocycles. The number of amides is 2. The van der Waals surface area contributed by atoms with Gasteiger partial charge in [-0.15, -0.1) is 0 Å². The van der Waals surface area contributed by atoms with Gasteiger partial charge in [-0.1, -0.05) is 18.0 Å². The highest BCUT2D eigenvalue weighted by Gasteiger charge is 2.39. The number of hydrogen-bond donors (Lipinski definition) is 1. The lowest BCUT2D eigenvalue weighted by Crippen LogP contribution is -2.53. The first-order chi connectivity index (χ1) is 12.6. The quantitative estimate of drug-likeness (QED) is 0.869. The van der Waals surface area contributed by atoms with Gasteiger partial charge < -0.3 is 14.7 Å². The molecule has 7 nitrogen and oxygen atoms in total. The summed E-state index contributed by atoms with van der Waals surface area (Å²) >= 11 is 0. The van der Waals surface area contributed by atoms with Crippen LogP contribution in [-0.2, 0) is 9.59 Å².